The number of esters is 2. The third-order valence-electron chi connectivity index (χ3n) is 5.02. The molecule has 176 valence electrons. The third-order valence-corrected chi connectivity index (χ3v) is 5.53. The fraction of sp³-hybridized carbons (Fsp3) is 0.500. The van der Waals surface area contributed by atoms with Crippen molar-refractivity contribution in [1.82, 2.24) is 0 Å². The molecule has 1 N–H and O–H groups in total. The molecule has 1 aliphatic heterocycles. The first-order valence-electron chi connectivity index (χ1n) is 10.1. The van der Waals surface area contributed by atoms with Gasteiger partial charge in [0.25, 0.3) is 9.70 Å². The van der Waals surface area contributed by atoms with E-state index in [0.29, 0.717) is 36.3 Å². The Bertz CT molecular complexity index is 937. The molecule has 0 radical (unpaired) electrons. The van der Waals surface area contributed by atoms with Crippen molar-refractivity contribution in [2.75, 3.05) is 19.0 Å². The van der Waals surface area contributed by atoms with Crippen molar-refractivity contribution in [2.45, 2.75) is 56.9 Å². The predicted molar refractivity (Wildman–Crippen MR) is 124 cm³/mol. The van der Waals surface area contributed by atoms with Crippen LogP contribution in [0.2, 0.25) is 0 Å². The van der Waals surface area contributed by atoms with Gasteiger partial charge in [-0.05, 0) is 38.7 Å². The number of hydrogen-bond acceptors (Lipinski definition) is 6. The van der Waals surface area contributed by atoms with Gasteiger partial charge in [0.15, 0.2) is 0 Å². The quantitative estimate of drug-likeness (QED) is 0.281. The largest absolute Gasteiger partial charge is 0.496 e. The molecule has 0 fully saturated rings. The summed E-state index contributed by atoms with van der Waals surface area (Å²) in [5.41, 5.74) is 3.21. The lowest BCUT2D eigenvalue weighted by atomic mass is 9.93. The Morgan fingerprint density at radius 1 is 1.25 bits per heavy atom. The van der Waals surface area contributed by atoms with Crippen LogP contribution in [0.5, 0.6) is 5.75 Å². The highest BCUT2D eigenvalue weighted by atomic mass is 35.6. The molecule has 0 unspecified atom stereocenters. The molecule has 32 heavy (non-hydrogen) atoms. The summed E-state index contributed by atoms with van der Waals surface area (Å²) in [7, 11) is 1.50. The number of allylic oxidation sites excluding steroid dienone is 2. The van der Waals surface area contributed by atoms with Crippen LogP contribution in [0, 0.1) is 6.92 Å². The van der Waals surface area contributed by atoms with Crippen LogP contribution >= 0.6 is 34.8 Å². The molecule has 0 bridgehead atoms. The summed E-state index contributed by atoms with van der Waals surface area (Å²) < 4.78 is 13.6. The zero-order valence-corrected chi connectivity index (χ0v) is 20.7. The van der Waals surface area contributed by atoms with E-state index in [0.717, 1.165) is 17.6 Å². The van der Waals surface area contributed by atoms with Crippen molar-refractivity contribution < 1.29 is 28.6 Å². The molecular weight excluding hydrogens is 481 g/mol. The van der Waals surface area contributed by atoms with E-state index in [2.05, 4.69) is 5.32 Å². The Labute approximate surface area is 202 Å². The molecule has 7 nitrogen and oxygen atoms in total. The summed E-state index contributed by atoms with van der Waals surface area (Å²) in [5.74, 6) is -1.25. The maximum absolute atomic E-state index is 12.4. The fourth-order valence-corrected chi connectivity index (χ4v) is 3.48. The van der Waals surface area contributed by atoms with Gasteiger partial charge in [0.1, 0.15) is 12.4 Å². The number of nitrogens with one attached hydrogen (secondary N) is 1. The second-order valence-corrected chi connectivity index (χ2v) is 9.65. The van der Waals surface area contributed by atoms with Crippen molar-refractivity contribution in [3.8, 4) is 5.75 Å². The lowest BCUT2D eigenvalue weighted by molar-refractivity contribution is -0.143. The Balaban J connectivity index is 2.41. The molecule has 10 heteroatoms. The summed E-state index contributed by atoms with van der Waals surface area (Å²) in [6.45, 7) is 6.08. The number of carbonyl (C=O) groups excluding carboxylic acids is 3. The van der Waals surface area contributed by atoms with E-state index in [1.165, 1.54) is 7.11 Å². The number of methoxy groups -OCH3 is 1. The lowest BCUT2D eigenvalue weighted by Gasteiger charge is -2.21. The number of hydrogen-bond donors (Lipinski definition) is 1. The van der Waals surface area contributed by atoms with Gasteiger partial charge in [-0.2, -0.15) is 0 Å². The third kappa shape index (κ3) is 6.30. The van der Waals surface area contributed by atoms with Gasteiger partial charge in [-0.15, -0.1) is 0 Å². The number of carbonyl (C=O) groups is 3. The van der Waals surface area contributed by atoms with Gasteiger partial charge in [0, 0.05) is 17.5 Å². The second kappa shape index (κ2) is 11.3. The Hall–Kier alpha value is -1.96. The van der Waals surface area contributed by atoms with Gasteiger partial charge in [-0.3, -0.25) is 9.59 Å². The van der Waals surface area contributed by atoms with Crippen LogP contribution in [-0.4, -0.2) is 35.4 Å². The van der Waals surface area contributed by atoms with Gasteiger partial charge in [-0.25, -0.2) is 4.79 Å². The average molecular weight is 507 g/mol. The van der Waals surface area contributed by atoms with Crippen LogP contribution in [0.25, 0.3) is 0 Å². The highest BCUT2D eigenvalue weighted by Crippen LogP contribution is 2.42. The molecule has 0 aliphatic carbocycles. The molecule has 1 heterocycles. The van der Waals surface area contributed by atoms with Crippen molar-refractivity contribution in [3.63, 3.8) is 0 Å². The minimum Gasteiger partial charge on any atom is -0.496 e. The number of rotatable bonds is 9. The first kappa shape index (κ1) is 26.3. The average Bonchev–Trinajstić information content (AvgIpc) is 3.12. The second-order valence-electron chi connectivity index (χ2n) is 7.37. The number of alkyl halides is 3. The van der Waals surface area contributed by atoms with Gasteiger partial charge >= 0.3 is 11.9 Å². The van der Waals surface area contributed by atoms with Crippen molar-refractivity contribution in [1.29, 1.82) is 0 Å². The molecule has 0 saturated heterocycles. The smallest absolute Gasteiger partial charge is 0.341 e. The zero-order chi connectivity index (χ0) is 24.1. The van der Waals surface area contributed by atoms with Gasteiger partial charge in [0.2, 0.25) is 0 Å². The van der Waals surface area contributed by atoms with Crippen molar-refractivity contribution in [2.24, 2.45) is 0 Å². The number of halogens is 3. The number of amides is 1. The number of ether oxygens (including phenoxy) is 3. The van der Waals surface area contributed by atoms with E-state index < -0.39 is 15.7 Å². The molecule has 0 spiro atoms. The standard InChI is InChI=1S/C22H26Cl3NO6/c1-5-10-31-16(27)9-7-12(2)6-8-14-18(26-21(29)22(23,24)25)17-15(11-32-20(17)28)13(3)19(14)30-4/h6H,5,7-11H2,1-4H3,(H,26,29). The van der Waals surface area contributed by atoms with E-state index in [1.54, 1.807) is 0 Å². The van der Waals surface area contributed by atoms with E-state index in [4.69, 9.17) is 49.0 Å². The van der Waals surface area contributed by atoms with E-state index >= 15 is 0 Å². The summed E-state index contributed by atoms with van der Waals surface area (Å²) in [5, 5.41) is 2.56. The SMILES string of the molecule is CCCOC(=O)CCC(C)=CCc1c(NC(=O)C(Cl)(Cl)Cl)c2c(c(C)c1OC)COC2=O. The molecule has 1 aliphatic rings. The van der Waals surface area contributed by atoms with Gasteiger partial charge < -0.3 is 19.5 Å². The summed E-state index contributed by atoms with van der Waals surface area (Å²) in [4.78, 5) is 36.6. The zero-order valence-electron chi connectivity index (χ0n) is 18.4. The van der Waals surface area contributed by atoms with Crippen LogP contribution in [0.4, 0.5) is 5.69 Å². The van der Waals surface area contributed by atoms with Crippen LogP contribution < -0.4 is 10.1 Å². The summed E-state index contributed by atoms with van der Waals surface area (Å²) in [6.07, 6.45) is 3.72. The first-order valence-corrected chi connectivity index (χ1v) is 11.2. The van der Waals surface area contributed by atoms with Crippen LogP contribution in [-0.2, 0) is 32.1 Å². The monoisotopic (exact) mass is 505 g/mol. The molecule has 0 atom stereocenters. The Morgan fingerprint density at radius 2 is 1.94 bits per heavy atom. The van der Waals surface area contributed by atoms with E-state index in [1.807, 2.05) is 26.8 Å². The fourth-order valence-electron chi connectivity index (χ4n) is 3.34. The number of anilines is 1. The van der Waals surface area contributed by atoms with Crippen LogP contribution in [0.1, 0.15) is 60.2 Å². The number of cyclic esters (lactones) is 1. The lowest BCUT2D eigenvalue weighted by Crippen LogP contribution is -2.28. The first-order chi connectivity index (χ1) is 15.0. The number of benzene rings is 1. The Kier molecular flexibility index (Phi) is 9.25. The highest BCUT2D eigenvalue weighted by molar-refractivity contribution is 6.76. The Morgan fingerprint density at radius 3 is 2.53 bits per heavy atom. The summed E-state index contributed by atoms with van der Waals surface area (Å²) in [6, 6.07) is 0. The van der Waals surface area contributed by atoms with Crippen molar-refractivity contribution >= 4 is 58.3 Å². The minimum absolute atomic E-state index is 0.0576. The van der Waals surface area contributed by atoms with Crippen molar-refractivity contribution in [3.05, 3.63) is 33.9 Å². The minimum atomic E-state index is -2.23. The molecule has 0 saturated carbocycles. The molecule has 0 aromatic heterocycles. The van der Waals surface area contributed by atoms with Gasteiger partial charge in [-0.1, -0.05) is 53.4 Å². The maximum Gasteiger partial charge on any atom is 0.341 e. The molecule has 1 amide bonds. The highest BCUT2D eigenvalue weighted by Gasteiger charge is 2.36. The van der Waals surface area contributed by atoms with E-state index in [-0.39, 0.29) is 30.2 Å². The van der Waals surface area contributed by atoms with Gasteiger partial charge in [0.05, 0.1) is 25.0 Å². The topological polar surface area (TPSA) is 90.9 Å². The maximum atomic E-state index is 12.4. The van der Waals surface area contributed by atoms with Crippen LogP contribution in [0.3, 0.4) is 0 Å². The molecule has 1 aromatic rings. The predicted octanol–water partition coefficient (Wildman–Crippen LogP) is 5.20. The van der Waals surface area contributed by atoms with E-state index in [9.17, 15) is 14.4 Å². The summed E-state index contributed by atoms with van der Waals surface area (Å²) >= 11 is 17.2. The molecule has 1 aromatic carbocycles. The molecular formula is C22H26Cl3NO6. The normalized spacial score (nSPS) is 13.5. The molecule has 2 rings (SSSR count). The van der Waals surface area contributed by atoms with Crippen LogP contribution in [0.15, 0.2) is 11.6 Å². The number of fused-ring (bicyclic) bond motifs is 1.